The Kier molecular flexibility index (Phi) is 16.7. The van der Waals surface area contributed by atoms with Crippen LogP contribution in [0.1, 0.15) is 125 Å². The van der Waals surface area contributed by atoms with Crippen LogP contribution >= 0.6 is 0 Å². The zero-order valence-corrected chi connectivity index (χ0v) is 17.4. The first-order chi connectivity index (χ1) is 11.6. The lowest BCUT2D eigenvalue weighted by Gasteiger charge is -2.16. The number of rotatable bonds is 16. The fourth-order valence-corrected chi connectivity index (χ4v) is 3.16. The van der Waals surface area contributed by atoms with Gasteiger partial charge >= 0.3 is 0 Å². The van der Waals surface area contributed by atoms with E-state index in [9.17, 15) is 0 Å². The van der Waals surface area contributed by atoms with Crippen molar-refractivity contribution in [1.29, 1.82) is 0 Å². The maximum absolute atomic E-state index is 4.49. The molecule has 0 aliphatic heterocycles. The summed E-state index contributed by atoms with van der Waals surface area (Å²) >= 11 is 0. The predicted molar refractivity (Wildman–Crippen MR) is 111 cm³/mol. The van der Waals surface area contributed by atoms with Crippen LogP contribution in [0.4, 0.5) is 0 Å². The summed E-state index contributed by atoms with van der Waals surface area (Å²) in [6.45, 7) is 10.8. The molecule has 0 unspecified atom stereocenters. The van der Waals surface area contributed by atoms with Gasteiger partial charge in [0.05, 0.1) is 0 Å². The van der Waals surface area contributed by atoms with Crippen molar-refractivity contribution in [2.45, 2.75) is 125 Å². The highest BCUT2D eigenvalue weighted by Crippen LogP contribution is 2.21. The molecule has 0 spiro atoms. The molecule has 0 radical (unpaired) electrons. The van der Waals surface area contributed by atoms with Gasteiger partial charge < -0.3 is 0 Å². The summed E-state index contributed by atoms with van der Waals surface area (Å²) in [4.78, 5) is 0. The number of unbranched alkanes of at least 4 members (excludes halogenated alkanes) is 10. The van der Waals surface area contributed by atoms with Crippen LogP contribution in [0.15, 0.2) is 10.2 Å². The Bertz CT molecular complexity index is 311. The van der Waals surface area contributed by atoms with Gasteiger partial charge in [-0.2, -0.15) is 10.2 Å². The van der Waals surface area contributed by atoms with E-state index in [-0.39, 0.29) is 0 Å². The van der Waals surface area contributed by atoms with E-state index in [1.807, 2.05) is 13.8 Å². The van der Waals surface area contributed by atoms with E-state index in [0.717, 1.165) is 5.71 Å². The van der Waals surface area contributed by atoms with Crippen molar-refractivity contribution >= 4 is 11.4 Å². The average Bonchev–Trinajstić information content (AvgIpc) is 2.56. The first-order valence-corrected chi connectivity index (χ1v) is 10.7. The fourth-order valence-electron chi connectivity index (χ4n) is 3.16. The van der Waals surface area contributed by atoms with Gasteiger partial charge in [-0.15, -0.1) is 0 Å². The first-order valence-electron chi connectivity index (χ1n) is 10.7. The second-order valence-corrected chi connectivity index (χ2v) is 7.60. The normalized spacial score (nSPS) is 12.0. The number of hydrogen-bond acceptors (Lipinski definition) is 2. The van der Waals surface area contributed by atoms with E-state index in [1.54, 1.807) is 0 Å². The molecule has 2 nitrogen and oxygen atoms in total. The van der Waals surface area contributed by atoms with Crippen molar-refractivity contribution in [2.75, 3.05) is 0 Å². The van der Waals surface area contributed by atoms with E-state index in [4.69, 9.17) is 0 Å². The van der Waals surface area contributed by atoms with Crippen molar-refractivity contribution in [2.24, 2.45) is 16.1 Å². The Hall–Kier alpha value is -0.660. The molecule has 0 saturated heterocycles. The van der Waals surface area contributed by atoms with E-state index in [2.05, 4.69) is 31.0 Å². The van der Waals surface area contributed by atoms with Crippen molar-refractivity contribution < 1.29 is 0 Å². The molecule has 142 valence electrons. The Morgan fingerprint density at radius 3 is 1.42 bits per heavy atom. The van der Waals surface area contributed by atoms with Crippen LogP contribution in [0.25, 0.3) is 0 Å². The van der Waals surface area contributed by atoms with E-state index in [1.165, 1.54) is 95.6 Å². The van der Waals surface area contributed by atoms with Gasteiger partial charge in [-0.05, 0) is 39.5 Å². The van der Waals surface area contributed by atoms with Gasteiger partial charge in [-0.25, -0.2) is 0 Å². The summed E-state index contributed by atoms with van der Waals surface area (Å²) in [6, 6.07) is 0. The number of nitrogens with zero attached hydrogens (tertiary/aromatic N) is 2. The highest BCUT2D eigenvalue weighted by atomic mass is 15.2. The molecule has 0 amide bonds. The molecule has 0 fully saturated rings. The molecule has 0 aromatic rings. The molecule has 0 bridgehead atoms. The molecule has 0 aliphatic rings. The predicted octanol–water partition coefficient (Wildman–Crippen LogP) is 7.96. The minimum atomic E-state index is 0.644. The first kappa shape index (κ1) is 23.3. The van der Waals surface area contributed by atoms with Gasteiger partial charge in [0, 0.05) is 11.4 Å². The Morgan fingerprint density at radius 1 is 0.583 bits per heavy atom. The molecule has 2 heteroatoms. The highest BCUT2D eigenvalue weighted by molar-refractivity contribution is 5.86. The summed E-state index contributed by atoms with van der Waals surface area (Å²) in [5.74, 6) is 0.644. The Labute approximate surface area is 152 Å². The van der Waals surface area contributed by atoms with Gasteiger partial charge in [0.15, 0.2) is 0 Å². The largest absolute Gasteiger partial charge is 0.161 e. The topological polar surface area (TPSA) is 24.7 Å². The Morgan fingerprint density at radius 2 is 1.00 bits per heavy atom. The van der Waals surface area contributed by atoms with Crippen LogP contribution in [0, 0.1) is 5.92 Å². The lowest BCUT2D eigenvalue weighted by Crippen LogP contribution is -2.11. The van der Waals surface area contributed by atoms with Crippen LogP contribution in [0.2, 0.25) is 0 Å². The van der Waals surface area contributed by atoms with Crippen LogP contribution in [-0.2, 0) is 0 Å². The summed E-state index contributed by atoms with van der Waals surface area (Å²) < 4.78 is 0. The minimum absolute atomic E-state index is 0.644. The van der Waals surface area contributed by atoms with Crippen molar-refractivity contribution in [1.82, 2.24) is 0 Å². The molecule has 0 atom stereocenters. The third-order valence-electron chi connectivity index (χ3n) is 4.81. The third-order valence-corrected chi connectivity index (χ3v) is 4.81. The smallest absolute Gasteiger partial charge is 0.0405 e. The third kappa shape index (κ3) is 14.9. The minimum Gasteiger partial charge on any atom is -0.161 e. The molecule has 0 rings (SSSR count). The molecule has 0 aromatic carbocycles. The van der Waals surface area contributed by atoms with Crippen molar-refractivity contribution in [3.63, 3.8) is 0 Å². The standard InChI is InChI=1S/C22H44N2/c1-6-8-10-12-14-16-18-22(21(5)24-23-20(3)4)19-17-15-13-11-9-7-2/h22H,6-19H2,1-5H3/b24-21+. The second-order valence-electron chi connectivity index (χ2n) is 7.60. The molecule has 0 N–H and O–H groups in total. The average molecular weight is 337 g/mol. The summed E-state index contributed by atoms with van der Waals surface area (Å²) in [5.41, 5.74) is 2.30. The van der Waals surface area contributed by atoms with Gasteiger partial charge in [0.25, 0.3) is 0 Å². The summed E-state index contributed by atoms with van der Waals surface area (Å²) in [7, 11) is 0. The van der Waals surface area contributed by atoms with Crippen molar-refractivity contribution in [3.8, 4) is 0 Å². The van der Waals surface area contributed by atoms with Gasteiger partial charge in [0.2, 0.25) is 0 Å². The molecular formula is C22H44N2. The lowest BCUT2D eigenvalue weighted by molar-refractivity contribution is 0.482. The van der Waals surface area contributed by atoms with Crippen LogP contribution in [0.5, 0.6) is 0 Å². The summed E-state index contributed by atoms with van der Waals surface area (Å²) in [6.07, 6.45) is 19.2. The second kappa shape index (κ2) is 17.2. The number of hydrogen-bond donors (Lipinski definition) is 0. The molecule has 0 saturated carbocycles. The monoisotopic (exact) mass is 336 g/mol. The van der Waals surface area contributed by atoms with Crippen LogP contribution < -0.4 is 0 Å². The maximum Gasteiger partial charge on any atom is 0.0405 e. The molecular weight excluding hydrogens is 292 g/mol. The van der Waals surface area contributed by atoms with Crippen LogP contribution in [-0.4, -0.2) is 11.4 Å². The molecule has 0 aromatic heterocycles. The quantitative estimate of drug-likeness (QED) is 0.155. The van der Waals surface area contributed by atoms with Crippen LogP contribution in [0.3, 0.4) is 0 Å². The highest BCUT2D eigenvalue weighted by Gasteiger charge is 2.12. The van der Waals surface area contributed by atoms with Crippen molar-refractivity contribution in [3.05, 3.63) is 0 Å². The Balaban J connectivity index is 4.18. The van der Waals surface area contributed by atoms with Gasteiger partial charge in [-0.1, -0.05) is 90.9 Å². The van der Waals surface area contributed by atoms with Gasteiger partial charge in [-0.3, -0.25) is 0 Å². The summed E-state index contributed by atoms with van der Waals surface area (Å²) in [5, 5.41) is 8.77. The zero-order valence-electron chi connectivity index (χ0n) is 17.4. The molecule has 0 heterocycles. The fraction of sp³-hybridized carbons (Fsp3) is 0.909. The maximum atomic E-state index is 4.49. The lowest BCUT2D eigenvalue weighted by atomic mass is 9.91. The van der Waals surface area contributed by atoms with E-state index < -0.39 is 0 Å². The molecule has 24 heavy (non-hydrogen) atoms. The van der Waals surface area contributed by atoms with Gasteiger partial charge in [0.1, 0.15) is 0 Å². The SMILES string of the molecule is CCCCCCCCC(CCCCCCCC)/C(C)=N/N=C(C)C. The zero-order chi connectivity index (χ0) is 18.0. The van der Waals surface area contributed by atoms with E-state index >= 15 is 0 Å². The molecule has 0 aliphatic carbocycles. The van der Waals surface area contributed by atoms with E-state index in [0.29, 0.717) is 5.92 Å².